The summed E-state index contributed by atoms with van der Waals surface area (Å²) in [6, 6.07) is 8.07. The number of ether oxygens (including phenoxy) is 1. The van der Waals surface area contributed by atoms with Crippen molar-refractivity contribution in [2.45, 2.75) is 6.04 Å². The molecule has 23 heavy (non-hydrogen) atoms. The van der Waals surface area contributed by atoms with Crippen molar-refractivity contribution in [2.24, 2.45) is 0 Å². The molecule has 1 aliphatic rings. The van der Waals surface area contributed by atoms with E-state index < -0.39 is 0 Å². The van der Waals surface area contributed by atoms with Gasteiger partial charge in [0.2, 0.25) is 0 Å². The zero-order chi connectivity index (χ0) is 16.1. The average molecular weight is 353 g/mol. The van der Waals surface area contributed by atoms with E-state index >= 15 is 0 Å². The van der Waals surface area contributed by atoms with Crippen LogP contribution in [0.25, 0.3) is 0 Å². The third-order valence-corrected chi connectivity index (χ3v) is 4.36. The summed E-state index contributed by atoms with van der Waals surface area (Å²) < 4.78 is 5.46. The molecule has 0 saturated carbocycles. The first-order valence-corrected chi connectivity index (χ1v) is 8.27. The largest absolute Gasteiger partial charge is 0.379 e. The van der Waals surface area contributed by atoms with E-state index in [2.05, 4.69) is 26.3 Å². The molecular formula is C16H18Cl2N4O. The van der Waals surface area contributed by atoms with Crippen LogP contribution < -0.4 is 5.32 Å². The number of halogens is 2. The Labute approximate surface area is 145 Å². The highest BCUT2D eigenvalue weighted by atomic mass is 35.5. The predicted molar refractivity (Wildman–Crippen MR) is 92.1 cm³/mol. The predicted octanol–water partition coefficient (Wildman–Crippen LogP) is 3.27. The number of nitrogens with zero attached hydrogens (tertiary/aromatic N) is 3. The van der Waals surface area contributed by atoms with E-state index in [0.717, 1.165) is 36.9 Å². The van der Waals surface area contributed by atoms with Crippen LogP contribution in [0.5, 0.6) is 0 Å². The van der Waals surface area contributed by atoms with Crippen LogP contribution >= 0.6 is 23.2 Å². The van der Waals surface area contributed by atoms with Crippen molar-refractivity contribution in [3.05, 3.63) is 52.4 Å². The summed E-state index contributed by atoms with van der Waals surface area (Å²) in [4.78, 5) is 10.6. The SMILES string of the molecule is Clc1cncc(NCC(c2ccccc2Cl)N2CCOCC2)n1. The van der Waals surface area contributed by atoms with Gasteiger partial charge in [0, 0.05) is 24.7 Å². The van der Waals surface area contributed by atoms with Crippen LogP contribution in [0, 0.1) is 0 Å². The zero-order valence-corrected chi connectivity index (χ0v) is 14.1. The fraction of sp³-hybridized carbons (Fsp3) is 0.375. The number of benzene rings is 1. The van der Waals surface area contributed by atoms with Crippen molar-refractivity contribution >= 4 is 29.0 Å². The highest BCUT2D eigenvalue weighted by Crippen LogP contribution is 2.28. The van der Waals surface area contributed by atoms with Gasteiger partial charge in [-0.15, -0.1) is 0 Å². The normalized spacial score (nSPS) is 17.0. The van der Waals surface area contributed by atoms with Gasteiger partial charge in [-0.1, -0.05) is 41.4 Å². The molecule has 0 radical (unpaired) electrons. The number of hydrogen-bond donors (Lipinski definition) is 1. The van der Waals surface area contributed by atoms with E-state index in [9.17, 15) is 0 Å². The zero-order valence-electron chi connectivity index (χ0n) is 12.6. The minimum Gasteiger partial charge on any atom is -0.379 e. The standard InChI is InChI=1S/C16H18Cl2N4O/c17-13-4-2-1-3-12(13)14(22-5-7-23-8-6-22)9-20-16-11-19-10-15(18)21-16/h1-4,10-11,14H,5-9H2,(H,20,21). The monoisotopic (exact) mass is 352 g/mol. The Bertz CT molecular complexity index is 649. The second kappa shape index (κ2) is 7.93. The number of morpholine rings is 1. The summed E-state index contributed by atoms with van der Waals surface area (Å²) in [6.07, 6.45) is 3.18. The molecule has 7 heteroatoms. The van der Waals surface area contributed by atoms with E-state index in [1.807, 2.05) is 18.2 Å². The lowest BCUT2D eigenvalue weighted by molar-refractivity contribution is 0.0187. The fourth-order valence-corrected chi connectivity index (χ4v) is 3.11. The number of rotatable bonds is 5. The first-order valence-electron chi connectivity index (χ1n) is 7.51. The lowest BCUT2D eigenvalue weighted by Gasteiger charge is -2.35. The minimum absolute atomic E-state index is 0.133. The van der Waals surface area contributed by atoms with Crippen molar-refractivity contribution in [3.8, 4) is 0 Å². The van der Waals surface area contributed by atoms with Gasteiger partial charge in [0.1, 0.15) is 11.0 Å². The van der Waals surface area contributed by atoms with Crippen LogP contribution in [0.1, 0.15) is 11.6 Å². The Morgan fingerprint density at radius 1 is 1.17 bits per heavy atom. The van der Waals surface area contributed by atoms with Crippen LogP contribution in [0.4, 0.5) is 5.82 Å². The molecule has 0 amide bonds. The average Bonchev–Trinajstić information content (AvgIpc) is 2.58. The molecule has 1 atom stereocenters. The number of hydrogen-bond acceptors (Lipinski definition) is 5. The molecule has 1 fully saturated rings. The lowest BCUT2D eigenvalue weighted by atomic mass is 10.0. The summed E-state index contributed by atoms with van der Waals surface area (Å²) in [5, 5.41) is 4.45. The number of anilines is 1. The maximum absolute atomic E-state index is 6.41. The van der Waals surface area contributed by atoms with E-state index in [0.29, 0.717) is 17.5 Å². The van der Waals surface area contributed by atoms with Crippen molar-refractivity contribution < 1.29 is 4.74 Å². The third kappa shape index (κ3) is 4.32. The molecular weight excluding hydrogens is 335 g/mol. The summed E-state index contributed by atoms with van der Waals surface area (Å²) in [5.74, 6) is 0.655. The summed E-state index contributed by atoms with van der Waals surface area (Å²) in [5.41, 5.74) is 1.10. The van der Waals surface area contributed by atoms with Gasteiger partial charge in [0.15, 0.2) is 0 Å². The molecule has 1 aromatic carbocycles. The Balaban J connectivity index is 1.79. The van der Waals surface area contributed by atoms with Gasteiger partial charge in [0.25, 0.3) is 0 Å². The lowest BCUT2D eigenvalue weighted by Crippen LogP contribution is -2.41. The summed E-state index contributed by atoms with van der Waals surface area (Å²) in [7, 11) is 0. The van der Waals surface area contributed by atoms with Gasteiger partial charge in [-0.3, -0.25) is 9.88 Å². The Kier molecular flexibility index (Phi) is 5.67. The van der Waals surface area contributed by atoms with Crippen molar-refractivity contribution in [2.75, 3.05) is 38.2 Å². The van der Waals surface area contributed by atoms with Crippen LogP contribution in [0.2, 0.25) is 10.2 Å². The molecule has 2 heterocycles. The summed E-state index contributed by atoms with van der Waals surface area (Å²) >= 11 is 12.3. The van der Waals surface area contributed by atoms with Gasteiger partial charge >= 0.3 is 0 Å². The van der Waals surface area contributed by atoms with E-state index in [1.165, 1.54) is 6.20 Å². The van der Waals surface area contributed by atoms with Gasteiger partial charge in [-0.25, -0.2) is 4.98 Å². The molecule has 1 aromatic heterocycles. The van der Waals surface area contributed by atoms with Gasteiger partial charge < -0.3 is 10.1 Å². The minimum atomic E-state index is 0.133. The molecule has 1 N–H and O–H groups in total. The van der Waals surface area contributed by atoms with Crippen molar-refractivity contribution in [1.82, 2.24) is 14.9 Å². The topological polar surface area (TPSA) is 50.3 Å². The third-order valence-electron chi connectivity index (χ3n) is 3.83. The quantitative estimate of drug-likeness (QED) is 0.894. The van der Waals surface area contributed by atoms with Crippen LogP contribution in [0.15, 0.2) is 36.7 Å². The highest BCUT2D eigenvalue weighted by molar-refractivity contribution is 6.31. The molecule has 0 bridgehead atoms. The van der Waals surface area contributed by atoms with Crippen molar-refractivity contribution in [3.63, 3.8) is 0 Å². The second-order valence-corrected chi connectivity index (χ2v) is 6.09. The Morgan fingerprint density at radius 3 is 2.70 bits per heavy atom. The van der Waals surface area contributed by atoms with Crippen molar-refractivity contribution in [1.29, 1.82) is 0 Å². The highest BCUT2D eigenvalue weighted by Gasteiger charge is 2.24. The summed E-state index contributed by atoms with van der Waals surface area (Å²) in [6.45, 7) is 3.88. The first kappa shape index (κ1) is 16.5. The molecule has 2 aromatic rings. The molecule has 1 aliphatic heterocycles. The Hall–Kier alpha value is -1.40. The number of nitrogens with one attached hydrogen (secondary N) is 1. The molecule has 0 aliphatic carbocycles. The maximum Gasteiger partial charge on any atom is 0.149 e. The maximum atomic E-state index is 6.41. The molecule has 1 saturated heterocycles. The molecule has 0 spiro atoms. The second-order valence-electron chi connectivity index (χ2n) is 5.29. The fourth-order valence-electron chi connectivity index (χ4n) is 2.70. The smallest absolute Gasteiger partial charge is 0.149 e. The Morgan fingerprint density at radius 2 is 1.96 bits per heavy atom. The molecule has 3 rings (SSSR count). The molecule has 122 valence electrons. The van der Waals surface area contributed by atoms with E-state index in [4.69, 9.17) is 27.9 Å². The van der Waals surface area contributed by atoms with E-state index in [1.54, 1.807) is 6.20 Å². The van der Waals surface area contributed by atoms with Crippen LogP contribution in [-0.4, -0.2) is 47.7 Å². The van der Waals surface area contributed by atoms with Gasteiger partial charge in [0.05, 0.1) is 31.6 Å². The van der Waals surface area contributed by atoms with Gasteiger partial charge in [-0.2, -0.15) is 0 Å². The van der Waals surface area contributed by atoms with Crippen LogP contribution in [-0.2, 0) is 4.74 Å². The molecule has 1 unspecified atom stereocenters. The van der Waals surface area contributed by atoms with E-state index in [-0.39, 0.29) is 6.04 Å². The van der Waals surface area contributed by atoms with Gasteiger partial charge in [-0.05, 0) is 11.6 Å². The first-order chi connectivity index (χ1) is 11.2. The molecule has 5 nitrogen and oxygen atoms in total. The number of aromatic nitrogens is 2. The van der Waals surface area contributed by atoms with Crippen LogP contribution in [0.3, 0.4) is 0 Å².